The van der Waals surface area contributed by atoms with Gasteiger partial charge < -0.3 is 10.1 Å². The summed E-state index contributed by atoms with van der Waals surface area (Å²) in [6, 6.07) is 11.5. The van der Waals surface area contributed by atoms with E-state index in [-0.39, 0.29) is 17.2 Å². The van der Waals surface area contributed by atoms with Gasteiger partial charge in [0.05, 0.1) is 22.5 Å². The standard InChI is InChI=1S/C22H20ClN3O4/c1-13(14-4-7-16(23)8-5-14)24-20(27)12-30-22(29)15-6-9-17-18(11-15)25-19-3-2-10-26(19)21(17)28/h4-9,11,13H,2-3,10,12H2,1H3,(H,24,27)/t13-/m0/s1. The lowest BCUT2D eigenvalue weighted by atomic mass is 10.1. The highest BCUT2D eigenvalue weighted by Crippen LogP contribution is 2.17. The van der Waals surface area contributed by atoms with E-state index in [1.165, 1.54) is 12.1 Å². The number of aromatic nitrogens is 2. The van der Waals surface area contributed by atoms with E-state index >= 15 is 0 Å². The van der Waals surface area contributed by atoms with Gasteiger partial charge in [0.25, 0.3) is 11.5 Å². The molecule has 1 aliphatic heterocycles. The van der Waals surface area contributed by atoms with Crippen LogP contribution in [0.15, 0.2) is 47.3 Å². The molecule has 0 aliphatic carbocycles. The minimum atomic E-state index is -0.645. The molecular formula is C22H20ClN3O4. The first kappa shape index (κ1) is 20.1. The van der Waals surface area contributed by atoms with Gasteiger partial charge in [-0.3, -0.25) is 14.2 Å². The molecule has 154 valence electrons. The van der Waals surface area contributed by atoms with Gasteiger partial charge in [-0.05, 0) is 49.2 Å². The van der Waals surface area contributed by atoms with Gasteiger partial charge in [0, 0.05) is 18.0 Å². The van der Waals surface area contributed by atoms with E-state index < -0.39 is 18.5 Å². The van der Waals surface area contributed by atoms with E-state index in [2.05, 4.69) is 10.3 Å². The van der Waals surface area contributed by atoms with Crippen LogP contribution in [-0.4, -0.2) is 28.0 Å². The summed E-state index contributed by atoms with van der Waals surface area (Å²) in [6.45, 7) is 2.09. The third-order valence-electron chi connectivity index (χ3n) is 5.13. The number of fused-ring (bicyclic) bond motifs is 2. The van der Waals surface area contributed by atoms with E-state index in [4.69, 9.17) is 16.3 Å². The quantitative estimate of drug-likeness (QED) is 0.634. The molecular weight excluding hydrogens is 406 g/mol. The molecule has 3 aromatic rings. The van der Waals surface area contributed by atoms with Crippen LogP contribution in [-0.2, 0) is 22.5 Å². The third-order valence-corrected chi connectivity index (χ3v) is 5.39. The molecule has 1 aromatic heterocycles. The molecule has 8 heteroatoms. The molecule has 4 rings (SSSR count). The van der Waals surface area contributed by atoms with Crippen LogP contribution in [0.2, 0.25) is 5.02 Å². The molecule has 0 saturated carbocycles. The summed E-state index contributed by atoms with van der Waals surface area (Å²) >= 11 is 5.87. The molecule has 0 saturated heterocycles. The van der Waals surface area contributed by atoms with Gasteiger partial charge in [-0.15, -0.1) is 0 Å². The van der Waals surface area contributed by atoms with Gasteiger partial charge in [0.15, 0.2) is 6.61 Å². The van der Waals surface area contributed by atoms with E-state index in [1.54, 1.807) is 22.8 Å². The maximum atomic E-state index is 12.5. The number of hydrogen-bond acceptors (Lipinski definition) is 5. The van der Waals surface area contributed by atoms with Gasteiger partial charge in [0.2, 0.25) is 0 Å². The summed E-state index contributed by atoms with van der Waals surface area (Å²) in [5.41, 5.74) is 1.50. The van der Waals surface area contributed by atoms with E-state index in [0.29, 0.717) is 22.5 Å². The summed E-state index contributed by atoms with van der Waals surface area (Å²) in [5, 5.41) is 3.85. The summed E-state index contributed by atoms with van der Waals surface area (Å²) in [6.07, 6.45) is 1.63. The molecule has 1 aliphatic rings. The van der Waals surface area contributed by atoms with Gasteiger partial charge in [-0.2, -0.15) is 0 Å². The van der Waals surface area contributed by atoms with Crippen molar-refractivity contribution in [1.29, 1.82) is 0 Å². The minimum Gasteiger partial charge on any atom is -0.452 e. The number of amides is 1. The lowest BCUT2D eigenvalue weighted by Crippen LogP contribution is -2.31. The van der Waals surface area contributed by atoms with Crippen LogP contribution in [0, 0.1) is 0 Å². The van der Waals surface area contributed by atoms with Gasteiger partial charge in [-0.1, -0.05) is 23.7 Å². The summed E-state index contributed by atoms with van der Waals surface area (Å²) < 4.78 is 6.81. The average molecular weight is 426 g/mol. The Hall–Kier alpha value is -3.19. The summed E-state index contributed by atoms with van der Waals surface area (Å²) in [4.78, 5) is 41.5. The number of esters is 1. The number of aryl methyl sites for hydroxylation is 1. The normalized spacial score (nSPS) is 13.7. The maximum absolute atomic E-state index is 12.5. The predicted octanol–water partition coefficient (Wildman–Crippen LogP) is 3.03. The number of halogens is 1. The second kappa shape index (κ2) is 8.28. The van der Waals surface area contributed by atoms with Crippen LogP contribution in [0.4, 0.5) is 0 Å². The fourth-order valence-electron chi connectivity index (χ4n) is 3.54. The first-order valence-electron chi connectivity index (χ1n) is 9.68. The Morgan fingerprint density at radius 2 is 2.00 bits per heavy atom. The molecule has 1 amide bonds. The zero-order chi connectivity index (χ0) is 21.3. The molecule has 30 heavy (non-hydrogen) atoms. The van der Waals surface area contributed by atoms with Crippen molar-refractivity contribution in [2.45, 2.75) is 32.4 Å². The topological polar surface area (TPSA) is 90.3 Å². The number of nitrogens with zero attached hydrogens (tertiary/aromatic N) is 2. The van der Waals surface area contributed by atoms with E-state index in [1.807, 2.05) is 19.1 Å². The number of ether oxygens (including phenoxy) is 1. The number of nitrogens with one attached hydrogen (secondary N) is 1. The Bertz CT molecular complexity index is 1190. The second-order valence-electron chi connectivity index (χ2n) is 7.24. The summed E-state index contributed by atoms with van der Waals surface area (Å²) in [5.74, 6) is -0.331. The molecule has 0 fully saturated rings. The van der Waals surface area contributed by atoms with Crippen LogP contribution in [0.5, 0.6) is 0 Å². The zero-order valence-electron chi connectivity index (χ0n) is 16.4. The lowest BCUT2D eigenvalue weighted by molar-refractivity contribution is -0.124. The van der Waals surface area contributed by atoms with Crippen LogP contribution < -0.4 is 10.9 Å². The van der Waals surface area contributed by atoms with Crippen molar-refractivity contribution >= 4 is 34.4 Å². The van der Waals surface area contributed by atoms with Crippen LogP contribution in [0.3, 0.4) is 0 Å². The van der Waals surface area contributed by atoms with E-state index in [0.717, 1.165) is 24.2 Å². The van der Waals surface area contributed by atoms with Crippen LogP contribution in [0.25, 0.3) is 10.9 Å². The molecule has 1 atom stereocenters. The number of rotatable bonds is 5. The minimum absolute atomic E-state index is 0.0945. The Morgan fingerprint density at radius 3 is 2.77 bits per heavy atom. The molecule has 0 radical (unpaired) electrons. The maximum Gasteiger partial charge on any atom is 0.338 e. The van der Waals surface area contributed by atoms with Crippen molar-refractivity contribution in [2.75, 3.05) is 6.61 Å². The Kier molecular flexibility index (Phi) is 5.55. The molecule has 0 bridgehead atoms. The second-order valence-corrected chi connectivity index (χ2v) is 7.67. The SMILES string of the molecule is C[C@H](NC(=O)COC(=O)c1ccc2c(=O)n3c(nc2c1)CCC3)c1ccc(Cl)cc1. The number of carbonyl (C=O) groups excluding carboxylic acids is 2. The highest BCUT2D eigenvalue weighted by atomic mass is 35.5. The molecule has 2 aromatic carbocycles. The smallest absolute Gasteiger partial charge is 0.338 e. The first-order valence-corrected chi connectivity index (χ1v) is 10.1. The first-order chi connectivity index (χ1) is 14.4. The molecule has 0 unspecified atom stereocenters. The van der Waals surface area contributed by atoms with E-state index in [9.17, 15) is 14.4 Å². The average Bonchev–Trinajstić information content (AvgIpc) is 3.21. The van der Waals surface area contributed by atoms with Crippen LogP contribution in [0.1, 0.15) is 41.1 Å². The van der Waals surface area contributed by atoms with Crippen LogP contribution >= 0.6 is 11.6 Å². The number of hydrogen-bond donors (Lipinski definition) is 1. The highest BCUT2D eigenvalue weighted by molar-refractivity contribution is 6.30. The summed E-state index contributed by atoms with van der Waals surface area (Å²) in [7, 11) is 0. The Labute approximate surface area is 177 Å². The highest BCUT2D eigenvalue weighted by Gasteiger charge is 2.18. The molecule has 1 N–H and O–H groups in total. The van der Waals surface area contributed by atoms with Crippen molar-refractivity contribution in [3.8, 4) is 0 Å². The number of carbonyl (C=O) groups is 2. The zero-order valence-corrected chi connectivity index (χ0v) is 17.1. The predicted molar refractivity (Wildman–Crippen MR) is 113 cm³/mol. The van der Waals surface area contributed by atoms with Gasteiger partial charge >= 0.3 is 5.97 Å². The van der Waals surface area contributed by atoms with Crippen molar-refractivity contribution in [3.63, 3.8) is 0 Å². The lowest BCUT2D eigenvalue weighted by Gasteiger charge is -2.14. The van der Waals surface area contributed by atoms with Gasteiger partial charge in [0.1, 0.15) is 5.82 Å². The van der Waals surface area contributed by atoms with Crippen molar-refractivity contribution < 1.29 is 14.3 Å². The fourth-order valence-corrected chi connectivity index (χ4v) is 3.67. The Morgan fingerprint density at radius 1 is 1.23 bits per heavy atom. The monoisotopic (exact) mass is 425 g/mol. The van der Waals surface area contributed by atoms with Crippen molar-refractivity contribution in [2.24, 2.45) is 0 Å². The van der Waals surface area contributed by atoms with Gasteiger partial charge in [-0.25, -0.2) is 9.78 Å². The third kappa shape index (κ3) is 4.07. The Balaban J connectivity index is 1.40. The van der Waals surface area contributed by atoms with Crippen molar-refractivity contribution in [1.82, 2.24) is 14.9 Å². The fraction of sp³-hybridized carbons (Fsp3) is 0.273. The largest absolute Gasteiger partial charge is 0.452 e. The molecule has 0 spiro atoms. The van der Waals surface area contributed by atoms with Crippen molar-refractivity contribution in [3.05, 3.63) is 74.8 Å². The number of benzene rings is 2. The molecule has 2 heterocycles. The molecule has 7 nitrogen and oxygen atoms in total.